The Hall–Kier alpha value is -1.44. The molecule has 2 aliphatic heterocycles. The van der Waals surface area contributed by atoms with Gasteiger partial charge < -0.3 is 10.5 Å². The minimum absolute atomic E-state index is 0.0264. The minimum atomic E-state index is -3.49. The Morgan fingerprint density at radius 2 is 2.14 bits per heavy atom. The Morgan fingerprint density at radius 1 is 1.33 bits per heavy atom. The smallest absolute Gasteiger partial charge is 0.263 e. The van der Waals surface area contributed by atoms with Crippen LogP contribution in [0.3, 0.4) is 0 Å². The fourth-order valence-electron chi connectivity index (χ4n) is 3.45. The number of nitrogens with two attached hydrogens (primary N) is 1. The third-order valence-electron chi connectivity index (χ3n) is 4.58. The number of fused-ring (bicyclic) bond motifs is 2. The number of sulfonamides is 1. The van der Waals surface area contributed by atoms with Gasteiger partial charge in [0.1, 0.15) is 5.84 Å². The number of aliphatic imine (C=N–C) groups is 1. The second-order valence-corrected chi connectivity index (χ2v) is 7.44. The van der Waals surface area contributed by atoms with Gasteiger partial charge in [-0.3, -0.25) is 9.71 Å². The first-order chi connectivity index (χ1) is 10.1. The second-order valence-electron chi connectivity index (χ2n) is 5.79. The van der Waals surface area contributed by atoms with E-state index < -0.39 is 10.0 Å². The number of hydrogen-bond donors (Lipinski definition) is 2. The lowest BCUT2D eigenvalue weighted by Gasteiger charge is -2.50. The van der Waals surface area contributed by atoms with Crippen molar-refractivity contribution < 1.29 is 13.2 Å². The fourth-order valence-corrected chi connectivity index (χ4v) is 4.69. The molecule has 0 spiro atoms. The normalized spacial score (nSPS) is 38.2. The molecular formula is C14H17N3O3S. The van der Waals surface area contributed by atoms with Crippen molar-refractivity contribution in [3.63, 3.8) is 0 Å². The van der Waals surface area contributed by atoms with Crippen LogP contribution in [0.2, 0.25) is 0 Å². The van der Waals surface area contributed by atoms with Crippen LogP contribution in [0.15, 0.2) is 34.2 Å². The molecule has 3 N–H and O–H groups in total. The SMILES string of the molecule is NC1C2CCCOC2C1N=C1NS(=O)(=O)c2ccccc21. The summed E-state index contributed by atoms with van der Waals surface area (Å²) in [6.45, 7) is 0.734. The van der Waals surface area contributed by atoms with E-state index in [-0.39, 0.29) is 23.1 Å². The summed E-state index contributed by atoms with van der Waals surface area (Å²) >= 11 is 0. The topological polar surface area (TPSA) is 93.8 Å². The van der Waals surface area contributed by atoms with E-state index in [4.69, 9.17) is 10.5 Å². The molecule has 0 radical (unpaired) electrons. The van der Waals surface area contributed by atoms with Crippen LogP contribution >= 0.6 is 0 Å². The molecule has 7 heteroatoms. The summed E-state index contributed by atoms with van der Waals surface area (Å²) in [6, 6.07) is 6.63. The molecule has 0 bridgehead atoms. The number of amidine groups is 1. The summed E-state index contributed by atoms with van der Waals surface area (Å²) in [5.74, 6) is 0.736. The van der Waals surface area contributed by atoms with Crippen LogP contribution in [0.25, 0.3) is 0 Å². The summed E-state index contributed by atoms with van der Waals surface area (Å²) in [4.78, 5) is 4.84. The molecule has 21 heavy (non-hydrogen) atoms. The Morgan fingerprint density at radius 3 is 3.00 bits per heavy atom. The first-order valence-corrected chi connectivity index (χ1v) is 8.63. The van der Waals surface area contributed by atoms with Crippen LogP contribution in [0.1, 0.15) is 18.4 Å². The number of nitrogens with one attached hydrogen (secondary N) is 1. The minimum Gasteiger partial charge on any atom is -0.376 e. The molecule has 4 atom stereocenters. The van der Waals surface area contributed by atoms with Crippen molar-refractivity contribution >= 4 is 15.9 Å². The molecule has 3 aliphatic rings. The Labute approximate surface area is 123 Å². The second kappa shape index (κ2) is 4.53. The van der Waals surface area contributed by atoms with Crippen LogP contribution in [-0.2, 0) is 14.8 Å². The van der Waals surface area contributed by atoms with Gasteiger partial charge in [0.25, 0.3) is 10.0 Å². The van der Waals surface area contributed by atoms with Crippen molar-refractivity contribution in [2.75, 3.05) is 6.61 Å². The van der Waals surface area contributed by atoms with Gasteiger partial charge in [-0.1, -0.05) is 12.1 Å². The third kappa shape index (κ3) is 1.91. The molecular weight excluding hydrogens is 290 g/mol. The summed E-state index contributed by atoms with van der Waals surface area (Å²) in [5, 5.41) is 0. The van der Waals surface area contributed by atoms with Gasteiger partial charge in [0, 0.05) is 24.1 Å². The van der Waals surface area contributed by atoms with Crippen LogP contribution in [-0.4, -0.2) is 39.0 Å². The third-order valence-corrected chi connectivity index (χ3v) is 5.98. The number of benzene rings is 1. The van der Waals surface area contributed by atoms with E-state index in [1.54, 1.807) is 24.3 Å². The lowest BCUT2D eigenvalue weighted by Crippen LogP contribution is -2.65. The van der Waals surface area contributed by atoms with Crippen molar-refractivity contribution in [1.29, 1.82) is 0 Å². The van der Waals surface area contributed by atoms with Gasteiger partial charge in [-0.05, 0) is 25.0 Å². The highest BCUT2D eigenvalue weighted by Crippen LogP contribution is 2.39. The predicted octanol–water partition coefficient (Wildman–Crippen LogP) is 0.230. The summed E-state index contributed by atoms with van der Waals surface area (Å²) in [7, 11) is -3.49. The zero-order chi connectivity index (χ0) is 14.6. The Kier molecular flexibility index (Phi) is 2.85. The molecule has 6 nitrogen and oxygen atoms in total. The molecule has 1 aromatic rings. The molecule has 4 rings (SSSR count). The molecule has 4 unspecified atom stereocenters. The standard InChI is InChI=1S/C14H17N3O3S/c15-11-9-5-3-7-20-13(9)12(11)16-14-8-4-1-2-6-10(8)21(18,19)17-14/h1-2,4,6,9,11-13H,3,5,7,15H2,(H,16,17). The average molecular weight is 307 g/mol. The first kappa shape index (κ1) is 13.2. The molecule has 2 heterocycles. The van der Waals surface area contributed by atoms with Gasteiger partial charge in [-0.15, -0.1) is 0 Å². The van der Waals surface area contributed by atoms with Crippen LogP contribution in [0, 0.1) is 5.92 Å². The van der Waals surface area contributed by atoms with Gasteiger partial charge in [0.05, 0.1) is 17.0 Å². The number of rotatable bonds is 1. The van der Waals surface area contributed by atoms with E-state index in [1.807, 2.05) is 0 Å². The number of ether oxygens (including phenoxy) is 1. The van der Waals surface area contributed by atoms with E-state index in [0.717, 1.165) is 19.4 Å². The molecule has 0 amide bonds. The predicted molar refractivity (Wildman–Crippen MR) is 77.5 cm³/mol. The van der Waals surface area contributed by atoms with Crippen molar-refractivity contribution in [2.45, 2.75) is 35.9 Å². The van der Waals surface area contributed by atoms with Crippen molar-refractivity contribution in [3.05, 3.63) is 29.8 Å². The maximum Gasteiger partial charge on any atom is 0.263 e. The van der Waals surface area contributed by atoms with Gasteiger partial charge in [0.2, 0.25) is 0 Å². The Balaban J connectivity index is 1.69. The zero-order valence-corrected chi connectivity index (χ0v) is 12.2. The van der Waals surface area contributed by atoms with Gasteiger partial charge in [0.15, 0.2) is 0 Å². The fraction of sp³-hybridized carbons (Fsp3) is 0.500. The average Bonchev–Trinajstić information content (AvgIpc) is 2.76. The number of hydrogen-bond acceptors (Lipinski definition) is 5. The van der Waals surface area contributed by atoms with Gasteiger partial charge in [-0.25, -0.2) is 8.42 Å². The molecule has 0 aromatic heterocycles. The summed E-state index contributed by atoms with van der Waals surface area (Å²) < 4.78 is 32.4. The van der Waals surface area contributed by atoms with Crippen molar-refractivity contribution in [3.8, 4) is 0 Å². The van der Waals surface area contributed by atoms with Crippen LogP contribution in [0.5, 0.6) is 0 Å². The molecule has 2 fully saturated rings. The van der Waals surface area contributed by atoms with E-state index in [9.17, 15) is 8.42 Å². The molecule has 112 valence electrons. The lowest BCUT2D eigenvalue weighted by atomic mass is 9.69. The van der Waals surface area contributed by atoms with Gasteiger partial charge in [-0.2, -0.15) is 0 Å². The van der Waals surface area contributed by atoms with E-state index in [1.165, 1.54) is 0 Å². The quantitative estimate of drug-likeness (QED) is 0.776. The first-order valence-electron chi connectivity index (χ1n) is 7.15. The highest BCUT2D eigenvalue weighted by molar-refractivity contribution is 7.90. The summed E-state index contributed by atoms with van der Waals surface area (Å²) in [5.41, 5.74) is 6.79. The highest BCUT2D eigenvalue weighted by Gasteiger charge is 2.51. The molecule has 1 saturated heterocycles. The van der Waals surface area contributed by atoms with E-state index in [0.29, 0.717) is 17.3 Å². The largest absolute Gasteiger partial charge is 0.376 e. The maximum absolute atomic E-state index is 12.1. The zero-order valence-electron chi connectivity index (χ0n) is 11.4. The molecule has 1 aromatic carbocycles. The van der Waals surface area contributed by atoms with Crippen molar-refractivity contribution in [2.24, 2.45) is 16.6 Å². The van der Waals surface area contributed by atoms with Crippen molar-refractivity contribution in [1.82, 2.24) is 4.72 Å². The number of nitrogens with zero attached hydrogens (tertiary/aromatic N) is 1. The van der Waals surface area contributed by atoms with Crippen LogP contribution in [0.4, 0.5) is 0 Å². The molecule has 1 saturated carbocycles. The highest BCUT2D eigenvalue weighted by atomic mass is 32.2. The van der Waals surface area contributed by atoms with Crippen LogP contribution < -0.4 is 10.5 Å². The Bertz CT molecular complexity index is 716. The van der Waals surface area contributed by atoms with Gasteiger partial charge >= 0.3 is 0 Å². The molecule has 1 aliphatic carbocycles. The van der Waals surface area contributed by atoms with E-state index in [2.05, 4.69) is 9.71 Å². The monoisotopic (exact) mass is 307 g/mol. The van der Waals surface area contributed by atoms with E-state index >= 15 is 0 Å². The summed E-state index contributed by atoms with van der Waals surface area (Å²) in [6.07, 6.45) is 2.13. The lowest BCUT2D eigenvalue weighted by molar-refractivity contribution is -0.109. The maximum atomic E-state index is 12.1.